The Bertz CT molecular complexity index is 669. The lowest BCUT2D eigenvalue weighted by Crippen LogP contribution is -2.58. The molecule has 1 aromatic rings. The zero-order valence-electron chi connectivity index (χ0n) is 18.3. The monoisotopic (exact) mass is 431 g/mol. The third-order valence-corrected chi connectivity index (χ3v) is 7.32. The molecule has 30 heavy (non-hydrogen) atoms. The van der Waals surface area contributed by atoms with Crippen molar-refractivity contribution < 1.29 is 4.74 Å². The van der Waals surface area contributed by atoms with Crippen molar-refractivity contribution in [2.75, 3.05) is 77.5 Å². The molecule has 5 rings (SSSR count). The number of anilines is 1. The van der Waals surface area contributed by atoms with Gasteiger partial charge in [0.25, 0.3) is 0 Å². The lowest BCUT2D eigenvalue weighted by Gasteiger charge is -2.51. The number of rotatable bonds is 8. The van der Waals surface area contributed by atoms with Crippen LogP contribution in [0.3, 0.4) is 0 Å². The second-order valence-corrected chi connectivity index (χ2v) is 9.41. The summed E-state index contributed by atoms with van der Waals surface area (Å²) in [6.45, 7) is 10.2. The van der Waals surface area contributed by atoms with Gasteiger partial charge in [0.1, 0.15) is 0 Å². The molecule has 4 heterocycles. The van der Waals surface area contributed by atoms with Crippen molar-refractivity contribution in [1.82, 2.24) is 20.4 Å². The second kappa shape index (κ2) is 10.8. The van der Waals surface area contributed by atoms with Gasteiger partial charge < -0.3 is 20.3 Å². The van der Waals surface area contributed by atoms with Crippen molar-refractivity contribution >= 4 is 23.0 Å². The minimum Gasteiger partial charge on any atom is -0.379 e. The molecule has 0 radical (unpaired) electrons. The molecule has 0 spiro atoms. The Kier molecular flexibility index (Phi) is 7.82. The molecule has 2 bridgehead atoms. The van der Waals surface area contributed by atoms with Crippen molar-refractivity contribution in [3.05, 3.63) is 30.3 Å². The van der Waals surface area contributed by atoms with Gasteiger partial charge in [0.05, 0.1) is 13.2 Å². The highest BCUT2D eigenvalue weighted by Crippen LogP contribution is 2.36. The van der Waals surface area contributed by atoms with Crippen LogP contribution in [0, 0.1) is 11.8 Å². The largest absolute Gasteiger partial charge is 0.379 e. The predicted octanol–water partition coefficient (Wildman–Crippen LogP) is 1.63. The smallest absolute Gasteiger partial charge is 0.166 e. The van der Waals surface area contributed by atoms with E-state index in [1.165, 1.54) is 31.6 Å². The average molecular weight is 432 g/mol. The Hall–Kier alpha value is -1.41. The summed E-state index contributed by atoms with van der Waals surface area (Å²) >= 11 is 5.52. The first-order valence-corrected chi connectivity index (χ1v) is 11.9. The van der Waals surface area contributed by atoms with Gasteiger partial charge >= 0.3 is 0 Å². The van der Waals surface area contributed by atoms with E-state index in [0.717, 1.165) is 69.4 Å². The van der Waals surface area contributed by atoms with E-state index in [0.29, 0.717) is 6.04 Å². The van der Waals surface area contributed by atoms with E-state index in [4.69, 9.17) is 17.0 Å². The number of fused-ring (bicyclic) bond motifs is 3. The normalized spacial score (nSPS) is 28.8. The molecule has 0 amide bonds. The van der Waals surface area contributed by atoms with Crippen LogP contribution in [0.15, 0.2) is 30.3 Å². The van der Waals surface area contributed by atoms with Crippen molar-refractivity contribution in [3.8, 4) is 0 Å². The molecule has 4 fully saturated rings. The van der Waals surface area contributed by atoms with E-state index in [2.05, 4.69) is 62.7 Å². The third kappa shape index (κ3) is 5.84. The van der Waals surface area contributed by atoms with Gasteiger partial charge in [-0.25, -0.2) is 0 Å². The molecular formula is C23H37N5OS. The SMILES string of the molecule is CN(C[C@H]1C[N@]2CC[C@H]1C[C@@H]2CNC(=S)NCCN1CCOCC1)c1ccccc1. The number of morpholine rings is 1. The predicted molar refractivity (Wildman–Crippen MR) is 127 cm³/mol. The Morgan fingerprint density at radius 2 is 1.97 bits per heavy atom. The van der Waals surface area contributed by atoms with Crippen LogP contribution in [0.4, 0.5) is 5.69 Å². The molecule has 0 aliphatic carbocycles. The molecule has 6 nitrogen and oxygen atoms in total. The number of hydrogen-bond donors (Lipinski definition) is 2. The minimum absolute atomic E-state index is 0.612. The Balaban J connectivity index is 1.16. The fourth-order valence-corrected chi connectivity index (χ4v) is 5.42. The molecule has 4 aliphatic heterocycles. The van der Waals surface area contributed by atoms with Crippen molar-refractivity contribution in [3.63, 3.8) is 0 Å². The molecular weight excluding hydrogens is 394 g/mol. The number of benzene rings is 1. The maximum absolute atomic E-state index is 5.52. The number of nitrogens with one attached hydrogen (secondary N) is 2. The molecule has 0 saturated carbocycles. The molecule has 4 saturated heterocycles. The van der Waals surface area contributed by atoms with Gasteiger partial charge in [-0.2, -0.15) is 0 Å². The number of ether oxygens (including phenoxy) is 1. The summed E-state index contributed by atoms with van der Waals surface area (Å²) in [6.07, 6.45) is 2.63. The summed E-state index contributed by atoms with van der Waals surface area (Å²) in [7, 11) is 2.23. The van der Waals surface area contributed by atoms with Crippen LogP contribution in [0.5, 0.6) is 0 Å². The van der Waals surface area contributed by atoms with Gasteiger partial charge in [-0.1, -0.05) is 18.2 Å². The molecule has 4 aliphatic rings. The number of thiocarbonyl (C=S) groups is 1. The minimum atomic E-state index is 0.612. The number of nitrogens with zero attached hydrogens (tertiary/aromatic N) is 3. The summed E-state index contributed by atoms with van der Waals surface area (Å²) < 4.78 is 5.40. The fourth-order valence-electron chi connectivity index (χ4n) is 5.23. The van der Waals surface area contributed by atoms with Gasteiger partial charge in [0.2, 0.25) is 0 Å². The van der Waals surface area contributed by atoms with Crippen LogP contribution >= 0.6 is 12.2 Å². The third-order valence-electron chi connectivity index (χ3n) is 7.03. The standard InChI is InChI=1S/C23H37N5OS/c1-26(21-5-3-2-4-6-21)17-20-18-28-9-7-19(20)15-22(28)16-25-23(30)24-8-10-27-11-13-29-14-12-27/h2-6,19-20,22H,7-18H2,1H3,(H2,24,25,30)/t19-,20-,22+/m0/s1. The van der Waals surface area contributed by atoms with E-state index in [1.807, 2.05) is 0 Å². The molecule has 1 aromatic carbocycles. The zero-order chi connectivity index (χ0) is 20.8. The average Bonchev–Trinajstić information content (AvgIpc) is 2.79. The van der Waals surface area contributed by atoms with Crippen molar-refractivity contribution in [2.24, 2.45) is 11.8 Å². The molecule has 4 atom stereocenters. The first kappa shape index (κ1) is 21.8. The van der Waals surface area contributed by atoms with Crippen LogP contribution in [-0.2, 0) is 4.74 Å². The van der Waals surface area contributed by atoms with Crippen LogP contribution < -0.4 is 15.5 Å². The quantitative estimate of drug-likeness (QED) is 0.607. The summed E-state index contributed by atoms with van der Waals surface area (Å²) in [5.41, 5.74) is 1.32. The van der Waals surface area contributed by atoms with E-state index in [9.17, 15) is 0 Å². The van der Waals surface area contributed by atoms with E-state index < -0.39 is 0 Å². The van der Waals surface area contributed by atoms with Crippen molar-refractivity contribution in [1.29, 1.82) is 0 Å². The first-order valence-electron chi connectivity index (χ1n) is 11.5. The lowest BCUT2D eigenvalue weighted by atomic mass is 9.75. The van der Waals surface area contributed by atoms with Crippen LogP contribution in [0.25, 0.3) is 0 Å². The number of para-hydroxylation sites is 1. The Morgan fingerprint density at radius 3 is 2.70 bits per heavy atom. The summed E-state index contributed by atoms with van der Waals surface area (Å²) in [5.74, 6) is 1.59. The van der Waals surface area contributed by atoms with E-state index >= 15 is 0 Å². The molecule has 7 heteroatoms. The van der Waals surface area contributed by atoms with Gasteiger partial charge in [-0.3, -0.25) is 9.80 Å². The highest BCUT2D eigenvalue weighted by atomic mass is 32.1. The highest BCUT2D eigenvalue weighted by Gasteiger charge is 2.40. The first-order chi connectivity index (χ1) is 14.7. The van der Waals surface area contributed by atoms with E-state index in [1.54, 1.807) is 0 Å². The maximum Gasteiger partial charge on any atom is 0.166 e. The molecule has 0 aromatic heterocycles. The maximum atomic E-state index is 5.52. The summed E-state index contributed by atoms with van der Waals surface area (Å²) in [4.78, 5) is 7.54. The second-order valence-electron chi connectivity index (χ2n) is 9.00. The van der Waals surface area contributed by atoms with Gasteiger partial charge in [-0.15, -0.1) is 0 Å². The lowest BCUT2D eigenvalue weighted by molar-refractivity contribution is 0.00659. The Labute approximate surface area is 186 Å². The highest BCUT2D eigenvalue weighted by molar-refractivity contribution is 7.80. The van der Waals surface area contributed by atoms with Gasteiger partial charge in [-0.05, 0) is 55.6 Å². The fraction of sp³-hybridized carbons (Fsp3) is 0.696. The number of piperidine rings is 3. The van der Waals surface area contributed by atoms with Crippen LogP contribution in [0.1, 0.15) is 12.8 Å². The van der Waals surface area contributed by atoms with Crippen molar-refractivity contribution in [2.45, 2.75) is 18.9 Å². The summed E-state index contributed by atoms with van der Waals surface area (Å²) in [5, 5.41) is 7.66. The Morgan fingerprint density at radius 1 is 1.17 bits per heavy atom. The van der Waals surface area contributed by atoms with Crippen LogP contribution in [0.2, 0.25) is 0 Å². The van der Waals surface area contributed by atoms with Gasteiger partial charge in [0.15, 0.2) is 5.11 Å². The van der Waals surface area contributed by atoms with E-state index in [-0.39, 0.29) is 0 Å². The van der Waals surface area contributed by atoms with Gasteiger partial charge in [0, 0.05) is 64.6 Å². The zero-order valence-corrected chi connectivity index (χ0v) is 19.1. The van der Waals surface area contributed by atoms with Crippen LogP contribution in [-0.4, -0.2) is 93.6 Å². The molecule has 2 N–H and O–H groups in total. The summed E-state index contributed by atoms with van der Waals surface area (Å²) in [6, 6.07) is 11.4. The molecule has 166 valence electrons. The number of hydrogen-bond acceptors (Lipinski definition) is 5. The topological polar surface area (TPSA) is 43.0 Å². The molecule has 0 unspecified atom stereocenters.